The van der Waals surface area contributed by atoms with Crippen molar-refractivity contribution < 1.29 is 4.79 Å². The maximum Gasteiger partial charge on any atom is 0.248 e. The van der Waals surface area contributed by atoms with E-state index in [-0.39, 0.29) is 0 Å². The summed E-state index contributed by atoms with van der Waals surface area (Å²) in [4.78, 5) is 15.2. The maximum atomic E-state index is 11.0. The van der Waals surface area contributed by atoms with Gasteiger partial charge in [-0.2, -0.15) is 0 Å². The summed E-state index contributed by atoms with van der Waals surface area (Å²) < 4.78 is 0. The molecule has 0 aromatic carbocycles. The van der Waals surface area contributed by atoms with Crippen molar-refractivity contribution >= 4 is 5.91 Å². The number of hydrogen-bond donors (Lipinski definition) is 1. The summed E-state index contributed by atoms with van der Waals surface area (Å²) >= 11 is 0. The first-order valence-electron chi connectivity index (χ1n) is 5.73. The van der Waals surface area contributed by atoms with Crippen LogP contribution in [0.25, 0.3) is 0 Å². The third-order valence-electron chi connectivity index (χ3n) is 2.54. The van der Waals surface area contributed by atoms with Crippen LogP contribution in [0.1, 0.15) is 36.3 Å². The van der Waals surface area contributed by atoms with Gasteiger partial charge in [-0.1, -0.05) is 30.7 Å². The van der Waals surface area contributed by atoms with Gasteiger partial charge in [0.25, 0.3) is 0 Å². The zero-order valence-electron chi connectivity index (χ0n) is 10.3. The molecular formula is C14H18N2O. The van der Waals surface area contributed by atoms with Gasteiger partial charge in [-0.25, -0.2) is 0 Å². The molecule has 1 aromatic heterocycles. The number of carbonyl (C=O) groups excluding carboxylic acids is 1. The lowest BCUT2D eigenvalue weighted by atomic mass is 10.1. The molecule has 1 heterocycles. The molecule has 3 nitrogen and oxygen atoms in total. The van der Waals surface area contributed by atoms with Crippen LogP contribution in [0.3, 0.4) is 0 Å². The fourth-order valence-corrected chi connectivity index (χ4v) is 1.49. The number of primary amides is 1. The first kappa shape index (κ1) is 13.2. The number of pyridine rings is 1. The van der Waals surface area contributed by atoms with E-state index in [2.05, 4.69) is 24.1 Å². The Labute approximate surface area is 102 Å². The molecule has 0 spiro atoms. The predicted molar refractivity (Wildman–Crippen MR) is 69.6 cm³/mol. The highest BCUT2D eigenvalue weighted by atomic mass is 16.1. The second-order valence-electron chi connectivity index (χ2n) is 3.72. The number of carbonyl (C=O) groups is 1. The minimum Gasteiger partial charge on any atom is -0.366 e. The first-order chi connectivity index (χ1) is 8.17. The van der Waals surface area contributed by atoms with E-state index in [9.17, 15) is 4.79 Å². The third-order valence-corrected chi connectivity index (χ3v) is 2.54. The van der Waals surface area contributed by atoms with Gasteiger partial charge in [0.1, 0.15) is 0 Å². The Hall–Kier alpha value is -1.90. The standard InChI is InChI=1S/C14H18N2O/c1-3-11(4-2)6-5-7-13-10-12(14(15)17)8-9-16-13/h3,5-6,8-10H,4,7H2,1-2H3,(H2,15,17)/b6-5+,11-3+. The van der Waals surface area contributed by atoms with Gasteiger partial charge in [-0.15, -0.1) is 0 Å². The Morgan fingerprint density at radius 3 is 2.88 bits per heavy atom. The van der Waals surface area contributed by atoms with Crippen LogP contribution >= 0.6 is 0 Å². The van der Waals surface area contributed by atoms with Crippen molar-refractivity contribution in [2.45, 2.75) is 26.7 Å². The summed E-state index contributed by atoms with van der Waals surface area (Å²) in [5, 5.41) is 0. The summed E-state index contributed by atoms with van der Waals surface area (Å²) in [6.45, 7) is 4.14. The van der Waals surface area contributed by atoms with Gasteiger partial charge in [0.05, 0.1) is 0 Å². The highest BCUT2D eigenvalue weighted by molar-refractivity contribution is 5.92. The topological polar surface area (TPSA) is 56.0 Å². The molecule has 3 heteroatoms. The van der Waals surface area contributed by atoms with Crippen LogP contribution in [0.4, 0.5) is 0 Å². The van der Waals surface area contributed by atoms with E-state index in [0.29, 0.717) is 12.0 Å². The quantitative estimate of drug-likeness (QED) is 0.790. The van der Waals surface area contributed by atoms with Crippen molar-refractivity contribution in [2.75, 3.05) is 0 Å². The van der Waals surface area contributed by atoms with Crippen LogP contribution in [0, 0.1) is 0 Å². The van der Waals surface area contributed by atoms with Gasteiger partial charge in [-0.3, -0.25) is 9.78 Å². The molecule has 0 radical (unpaired) electrons. The van der Waals surface area contributed by atoms with Gasteiger partial charge < -0.3 is 5.73 Å². The highest BCUT2D eigenvalue weighted by Gasteiger charge is 2.00. The maximum absolute atomic E-state index is 11.0. The number of nitrogens with zero attached hydrogens (tertiary/aromatic N) is 1. The average molecular weight is 230 g/mol. The molecular weight excluding hydrogens is 212 g/mol. The van der Waals surface area contributed by atoms with Crippen molar-refractivity contribution in [2.24, 2.45) is 5.73 Å². The molecule has 0 unspecified atom stereocenters. The lowest BCUT2D eigenvalue weighted by Gasteiger charge is -1.99. The average Bonchev–Trinajstić information content (AvgIpc) is 2.35. The molecule has 0 fully saturated rings. The van der Waals surface area contributed by atoms with Gasteiger partial charge in [0.15, 0.2) is 0 Å². The Kier molecular flexibility index (Phi) is 5.14. The van der Waals surface area contributed by atoms with Crippen LogP contribution in [0.5, 0.6) is 0 Å². The van der Waals surface area contributed by atoms with E-state index in [1.54, 1.807) is 18.3 Å². The minimum atomic E-state index is -0.416. The minimum absolute atomic E-state index is 0.416. The van der Waals surface area contributed by atoms with Gasteiger partial charge >= 0.3 is 0 Å². The second-order valence-corrected chi connectivity index (χ2v) is 3.72. The fraction of sp³-hybridized carbons (Fsp3) is 0.286. The zero-order chi connectivity index (χ0) is 12.7. The van der Waals surface area contributed by atoms with Crippen LogP contribution in [-0.2, 0) is 6.42 Å². The molecule has 1 amide bonds. The van der Waals surface area contributed by atoms with E-state index < -0.39 is 5.91 Å². The van der Waals surface area contributed by atoms with Crippen LogP contribution in [0.2, 0.25) is 0 Å². The van der Waals surface area contributed by atoms with Crippen LogP contribution in [0.15, 0.2) is 42.1 Å². The van der Waals surface area contributed by atoms with E-state index in [0.717, 1.165) is 12.1 Å². The smallest absolute Gasteiger partial charge is 0.248 e. The molecule has 0 aliphatic heterocycles. The van der Waals surface area contributed by atoms with Crippen molar-refractivity contribution in [3.8, 4) is 0 Å². The summed E-state index contributed by atoms with van der Waals surface area (Å²) in [6, 6.07) is 3.35. The normalized spacial score (nSPS) is 12.0. The molecule has 0 aliphatic rings. The number of nitrogens with two attached hydrogens (primary N) is 1. The van der Waals surface area contributed by atoms with E-state index >= 15 is 0 Å². The van der Waals surface area contributed by atoms with Crippen molar-refractivity contribution in [1.29, 1.82) is 0 Å². The number of allylic oxidation sites excluding steroid dienone is 4. The Morgan fingerprint density at radius 1 is 1.53 bits per heavy atom. The van der Waals surface area contributed by atoms with Crippen LogP contribution < -0.4 is 5.73 Å². The summed E-state index contributed by atoms with van der Waals surface area (Å²) in [5.41, 5.74) is 7.85. The molecule has 0 bridgehead atoms. The monoisotopic (exact) mass is 230 g/mol. The number of aromatic nitrogens is 1. The Bertz CT molecular complexity index is 447. The summed E-state index contributed by atoms with van der Waals surface area (Å²) in [5.74, 6) is -0.416. The Morgan fingerprint density at radius 2 is 2.29 bits per heavy atom. The van der Waals surface area contributed by atoms with Crippen molar-refractivity contribution in [3.63, 3.8) is 0 Å². The molecule has 0 saturated heterocycles. The lowest BCUT2D eigenvalue weighted by molar-refractivity contribution is 0.1000. The molecule has 0 saturated carbocycles. The highest BCUT2D eigenvalue weighted by Crippen LogP contribution is 2.05. The molecule has 17 heavy (non-hydrogen) atoms. The van der Waals surface area contributed by atoms with Crippen molar-refractivity contribution in [3.05, 3.63) is 53.4 Å². The van der Waals surface area contributed by atoms with Gasteiger partial charge in [-0.05, 0) is 25.5 Å². The van der Waals surface area contributed by atoms with E-state index in [4.69, 9.17) is 5.73 Å². The Balaban J connectivity index is 2.69. The van der Waals surface area contributed by atoms with Crippen molar-refractivity contribution in [1.82, 2.24) is 4.98 Å². The lowest BCUT2D eigenvalue weighted by Crippen LogP contribution is -2.11. The largest absolute Gasteiger partial charge is 0.366 e. The fourth-order valence-electron chi connectivity index (χ4n) is 1.49. The molecule has 2 N–H and O–H groups in total. The number of rotatable bonds is 5. The summed E-state index contributed by atoms with van der Waals surface area (Å²) in [6.07, 6.45) is 9.55. The van der Waals surface area contributed by atoms with Crippen LogP contribution in [-0.4, -0.2) is 10.9 Å². The van der Waals surface area contributed by atoms with E-state index in [1.165, 1.54) is 5.57 Å². The molecule has 90 valence electrons. The molecule has 1 rings (SSSR count). The molecule has 0 aliphatic carbocycles. The summed E-state index contributed by atoms with van der Waals surface area (Å²) in [7, 11) is 0. The SMILES string of the molecule is C/C=C(/C=C/Cc1cc(C(N)=O)ccn1)CC. The zero-order valence-corrected chi connectivity index (χ0v) is 10.3. The van der Waals surface area contributed by atoms with Gasteiger partial charge in [0, 0.05) is 23.9 Å². The number of hydrogen-bond acceptors (Lipinski definition) is 2. The first-order valence-corrected chi connectivity index (χ1v) is 5.73. The number of amides is 1. The predicted octanol–water partition coefficient (Wildman–Crippen LogP) is 2.64. The molecule has 0 atom stereocenters. The van der Waals surface area contributed by atoms with Gasteiger partial charge in [0.2, 0.25) is 5.91 Å². The molecule has 1 aromatic rings. The third kappa shape index (κ3) is 4.23. The second kappa shape index (κ2) is 6.63. The van der Waals surface area contributed by atoms with E-state index in [1.807, 2.05) is 13.0 Å².